The van der Waals surface area contributed by atoms with Crippen LogP contribution in [0, 0.1) is 6.92 Å². The molecule has 1 N–H and O–H groups in total. The lowest BCUT2D eigenvalue weighted by molar-refractivity contribution is 0.247. The summed E-state index contributed by atoms with van der Waals surface area (Å²) in [7, 11) is 0. The van der Waals surface area contributed by atoms with Gasteiger partial charge >= 0.3 is 0 Å². The third-order valence-electron chi connectivity index (χ3n) is 4.01. The smallest absolute Gasteiger partial charge is 0.122 e. The second-order valence-corrected chi connectivity index (χ2v) is 7.11. The van der Waals surface area contributed by atoms with E-state index in [0.717, 1.165) is 29.7 Å². The van der Waals surface area contributed by atoms with Crippen LogP contribution in [0.3, 0.4) is 0 Å². The van der Waals surface area contributed by atoms with Crippen LogP contribution >= 0.6 is 22.9 Å². The molecular formula is C17H20ClNOS. The van der Waals surface area contributed by atoms with Crippen molar-refractivity contribution in [3.8, 4) is 5.75 Å². The Kier molecular flexibility index (Phi) is 4.53. The Labute approximate surface area is 135 Å². The van der Waals surface area contributed by atoms with E-state index in [1.165, 1.54) is 16.0 Å². The fraction of sp³-hybridized carbons (Fsp3) is 0.412. The van der Waals surface area contributed by atoms with Crippen LogP contribution in [-0.4, -0.2) is 13.2 Å². The summed E-state index contributed by atoms with van der Waals surface area (Å²) in [5.41, 5.74) is 2.47. The van der Waals surface area contributed by atoms with Crippen molar-refractivity contribution >= 4 is 22.9 Å². The molecule has 0 saturated heterocycles. The number of benzene rings is 1. The average molecular weight is 322 g/mol. The van der Waals surface area contributed by atoms with Gasteiger partial charge in [-0.1, -0.05) is 36.7 Å². The second kappa shape index (κ2) is 6.39. The van der Waals surface area contributed by atoms with E-state index in [9.17, 15) is 0 Å². The fourth-order valence-corrected chi connectivity index (χ4v) is 4.37. The Hall–Kier alpha value is -1.03. The van der Waals surface area contributed by atoms with Crippen LogP contribution in [0.15, 0.2) is 30.3 Å². The van der Waals surface area contributed by atoms with Crippen molar-refractivity contribution < 1.29 is 4.74 Å². The highest BCUT2D eigenvalue weighted by molar-refractivity contribution is 7.16. The van der Waals surface area contributed by atoms with Gasteiger partial charge in [-0.2, -0.15) is 0 Å². The first kappa shape index (κ1) is 14.9. The first-order valence-electron chi connectivity index (χ1n) is 7.41. The Bertz CT molecular complexity index is 606. The molecule has 21 heavy (non-hydrogen) atoms. The van der Waals surface area contributed by atoms with E-state index >= 15 is 0 Å². The van der Waals surface area contributed by atoms with Crippen LogP contribution in [0.5, 0.6) is 5.75 Å². The van der Waals surface area contributed by atoms with Gasteiger partial charge in [-0.05, 0) is 43.1 Å². The summed E-state index contributed by atoms with van der Waals surface area (Å²) in [6.07, 6.45) is 1.03. The number of hydrogen-bond acceptors (Lipinski definition) is 3. The number of fused-ring (bicyclic) bond motifs is 1. The molecule has 0 radical (unpaired) electrons. The van der Waals surface area contributed by atoms with Crippen molar-refractivity contribution in [1.29, 1.82) is 0 Å². The summed E-state index contributed by atoms with van der Waals surface area (Å²) < 4.78 is 6.69. The monoisotopic (exact) mass is 321 g/mol. The SMILES string of the molecule is CCNC(c1cc(C)c(Cl)s1)C1CCOc2ccccc21. The van der Waals surface area contributed by atoms with Crippen LogP contribution < -0.4 is 10.1 Å². The molecule has 2 unspecified atom stereocenters. The molecule has 2 aromatic rings. The van der Waals surface area contributed by atoms with E-state index in [4.69, 9.17) is 16.3 Å². The van der Waals surface area contributed by atoms with Crippen molar-refractivity contribution in [2.75, 3.05) is 13.2 Å². The highest BCUT2D eigenvalue weighted by atomic mass is 35.5. The van der Waals surface area contributed by atoms with Gasteiger partial charge in [-0.25, -0.2) is 0 Å². The lowest BCUT2D eigenvalue weighted by Gasteiger charge is -2.32. The van der Waals surface area contributed by atoms with Crippen LogP contribution in [0.25, 0.3) is 0 Å². The quantitative estimate of drug-likeness (QED) is 0.862. The van der Waals surface area contributed by atoms with Gasteiger partial charge in [0.05, 0.1) is 10.9 Å². The summed E-state index contributed by atoms with van der Waals surface area (Å²) in [5.74, 6) is 1.46. The van der Waals surface area contributed by atoms with E-state index in [0.29, 0.717) is 12.0 Å². The van der Waals surface area contributed by atoms with Gasteiger partial charge in [0.15, 0.2) is 0 Å². The Morgan fingerprint density at radius 3 is 2.95 bits per heavy atom. The van der Waals surface area contributed by atoms with Crippen LogP contribution in [0.4, 0.5) is 0 Å². The number of thiophene rings is 1. The third-order valence-corrected chi connectivity index (χ3v) is 5.65. The van der Waals surface area contributed by atoms with Crippen molar-refractivity contribution in [2.45, 2.75) is 32.2 Å². The third kappa shape index (κ3) is 2.96. The molecule has 0 bridgehead atoms. The molecule has 0 fully saturated rings. The molecule has 0 amide bonds. The number of likely N-dealkylation sites (N-methyl/N-ethyl adjacent to an activating group) is 1. The van der Waals surface area contributed by atoms with Crippen molar-refractivity contribution in [3.63, 3.8) is 0 Å². The normalized spacial score (nSPS) is 18.9. The molecule has 3 rings (SSSR count). The molecule has 2 nitrogen and oxygen atoms in total. The van der Waals surface area contributed by atoms with Gasteiger partial charge in [0, 0.05) is 16.8 Å². The lowest BCUT2D eigenvalue weighted by Crippen LogP contribution is -2.29. The van der Waals surface area contributed by atoms with Gasteiger partial charge < -0.3 is 10.1 Å². The molecule has 112 valence electrons. The number of hydrogen-bond donors (Lipinski definition) is 1. The average Bonchev–Trinajstić information content (AvgIpc) is 2.84. The molecule has 0 saturated carbocycles. The molecule has 1 aromatic carbocycles. The molecular weight excluding hydrogens is 302 g/mol. The summed E-state index contributed by atoms with van der Waals surface area (Å²) in [6, 6.07) is 10.9. The predicted octanol–water partition coefficient (Wildman–Crippen LogP) is 4.93. The fourth-order valence-electron chi connectivity index (χ4n) is 3.01. The van der Waals surface area contributed by atoms with Gasteiger partial charge in [-0.15, -0.1) is 11.3 Å². The van der Waals surface area contributed by atoms with E-state index in [-0.39, 0.29) is 0 Å². The zero-order chi connectivity index (χ0) is 14.8. The summed E-state index contributed by atoms with van der Waals surface area (Å²) in [5, 5.41) is 3.65. The van der Waals surface area contributed by atoms with E-state index < -0.39 is 0 Å². The molecule has 0 spiro atoms. The molecule has 1 aliphatic rings. The minimum atomic E-state index is 0.302. The first-order chi connectivity index (χ1) is 10.2. The first-order valence-corrected chi connectivity index (χ1v) is 8.61. The lowest BCUT2D eigenvalue weighted by atomic mass is 9.85. The molecule has 1 aliphatic heterocycles. The Morgan fingerprint density at radius 2 is 2.24 bits per heavy atom. The minimum Gasteiger partial charge on any atom is -0.493 e. The topological polar surface area (TPSA) is 21.3 Å². The molecule has 2 atom stereocenters. The maximum atomic E-state index is 6.28. The van der Waals surface area contributed by atoms with Gasteiger partial charge in [0.1, 0.15) is 5.75 Å². The maximum absolute atomic E-state index is 6.28. The molecule has 1 aromatic heterocycles. The number of nitrogens with one attached hydrogen (secondary N) is 1. The summed E-state index contributed by atoms with van der Waals surface area (Å²) in [6.45, 7) is 5.95. The highest BCUT2D eigenvalue weighted by Gasteiger charge is 2.30. The van der Waals surface area contributed by atoms with E-state index in [1.54, 1.807) is 11.3 Å². The molecule has 2 heterocycles. The van der Waals surface area contributed by atoms with Gasteiger partial charge in [-0.3, -0.25) is 0 Å². The van der Waals surface area contributed by atoms with Crippen molar-refractivity contribution in [3.05, 3.63) is 50.7 Å². The van der Waals surface area contributed by atoms with Crippen LogP contribution in [-0.2, 0) is 0 Å². The summed E-state index contributed by atoms with van der Waals surface area (Å²) >= 11 is 7.97. The summed E-state index contributed by atoms with van der Waals surface area (Å²) in [4.78, 5) is 1.32. The van der Waals surface area contributed by atoms with Gasteiger partial charge in [0.2, 0.25) is 0 Å². The molecule has 0 aliphatic carbocycles. The van der Waals surface area contributed by atoms with Crippen molar-refractivity contribution in [2.24, 2.45) is 0 Å². The Morgan fingerprint density at radius 1 is 1.43 bits per heavy atom. The van der Waals surface area contributed by atoms with E-state index in [2.05, 4.69) is 43.4 Å². The Balaban J connectivity index is 1.98. The number of para-hydroxylation sites is 1. The predicted molar refractivity (Wildman–Crippen MR) is 89.8 cm³/mol. The van der Waals surface area contributed by atoms with E-state index in [1.807, 2.05) is 6.07 Å². The zero-order valence-electron chi connectivity index (χ0n) is 12.4. The number of rotatable bonds is 4. The standard InChI is InChI=1S/C17H20ClNOS/c1-3-19-16(15-10-11(2)17(18)21-15)13-8-9-20-14-7-5-4-6-12(13)14/h4-7,10,13,16,19H,3,8-9H2,1-2H3. The highest BCUT2D eigenvalue weighted by Crippen LogP contribution is 2.44. The maximum Gasteiger partial charge on any atom is 0.122 e. The second-order valence-electron chi connectivity index (χ2n) is 5.42. The number of halogens is 1. The van der Waals surface area contributed by atoms with Crippen LogP contribution in [0.1, 0.15) is 41.3 Å². The number of ether oxygens (including phenoxy) is 1. The largest absolute Gasteiger partial charge is 0.493 e. The van der Waals surface area contributed by atoms with Gasteiger partial charge in [0.25, 0.3) is 0 Å². The molecule has 4 heteroatoms. The minimum absolute atomic E-state index is 0.302. The van der Waals surface area contributed by atoms with Crippen LogP contribution in [0.2, 0.25) is 4.34 Å². The zero-order valence-corrected chi connectivity index (χ0v) is 13.9. The number of aryl methyl sites for hydroxylation is 1. The van der Waals surface area contributed by atoms with Crippen molar-refractivity contribution in [1.82, 2.24) is 5.32 Å².